The van der Waals surface area contributed by atoms with Crippen molar-refractivity contribution in [2.24, 2.45) is 5.16 Å². The van der Waals surface area contributed by atoms with Crippen molar-refractivity contribution in [2.75, 3.05) is 18.0 Å². The molecule has 118 valence electrons. The quantitative estimate of drug-likeness (QED) is 0.615. The molecule has 0 bridgehead atoms. The van der Waals surface area contributed by atoms with E-state index in [-0.39, 0.29) is 0 Å². The molecule has 1 fully saturated rings. The summed E-state index contributed by atoms with van der Waals surface area (Å²) in [7, 11) is 0. The summed E-state index contributed by atoms with van der Waals surface area (Å²) in [5, 5.41) is 3.83. The predicted molar refractivity (Wildman–Crippen MR) is 77.9 cm³/mol. The van der Waals surface area contributed by atoms with Gasteiger partial charge in [0.1, 0.15) is 0 Å². The maximum absolute atomic E-state index is 12.8. The number of anilines is 1. The van der Waals surface area contributed by atoms with Gasteiger partial charge in [-0.2, -0.15) is 13.2 Å². The minimum Gasteiger partial charge on any atom is -0.363 e. The van der Waals surface area contributed by atoms with Gasteiger partial charge in [0.25, 0.3) is 0 Å². The maximum Gasteiger partial charge on any atom is 0.437 e. The molecule has 0 atom stereocenters. The molecule has 0 N–H and O–H groups in total. The van der Waals surface area contributed by atoms with Gasteiger partial charge in [-0.1, -0.05) is 5.16 Å². The molecule has 2 aliphatic heterocycles. The van der Waals surface area contributed by atoms with Gasteiger partial charge in [0, 0.05) is 18.0 Å². The smallest absolute Gasteiger partial charge is 0.363 e. The summed E-state index contributed by atoms with van der Waals surface area (Å²) in [6, 6.07) is 3.58. The normalized spacial score (nSPS) is 21.2. The van der Waals surface area contributed by atoms with Gasteiger partial charge >= 0.3 is 12.1 Å². The average Bonchev–Trinajstić information content (AvgIpc) is 3.08. The minimum absolute atomic E-state index is 0.542. The van der Waals surface area contributed by atoms with Crippen LogP contribution in [0.4, 0.5) is 18.2 Å². The number of alkyl halides is 3. The lowest BCUT2D eigenvalue weighted by atomic mass is 10.1. The highest BCUT2D eigenvalue weighted by Crippen LogP contribution is 2.33. The van der Waals surface area contributed by atoms with Crippen LogP contribution in [0.3, 0.4) is 0 Å². The zero-order chi connectivity index (χ0) is 15.7. The van der Waals surface area contributed by atoms with Gasteiger partial charge in [0.2, 0.25) is 0 Å². The molecular formula is C14H13F3N2O2S. The predicted octanol–water partition coefficient (Wildman–Crippen LogP) is 3.60. The molecule has 1 saturated heterocycles. The third-order valence-corrected chi connectivity index (χ3v) is 4.62. The first kappa shape index (κ1) is 15.1. The molecular weight excluding hydrogens is 317 g/mol. The molecule has 0 radical (unpaired) electrons. The monoisotopic (exact) mass is 330 g/mol. The molecule has 1 aromatic rings. The fraction of sp³-hybridized carbons (Fsp3) is 0.429. The Morgan fingerprint density at radius 1 is 1.23 bits per heavy atom. The van der Waals surface area contributed by atoms with E-state index in [1.807, 2.05) is 6.07 Å². The molecule has 0 unspecified atom stereocenters. The van der Waals surface area contributed by atoms with Crippen LogP contribution in [-0.2, 0) is 9.63 Å². The Morgan fingerprint density at radius 2 is 1.95 bits per heavy atom. The van der Waals surface area contributed by atoms with Gasteiger partial charge < -0.3 is 9.74 Å². The second-order valence-corrected chi connectivity index (χ2v) is 6.19. The summed E-state index contributed by atoms with van der Waals surface area (Å²) in [5.74, 6) is -1.07. The molecule has 4 nitrogen and oxygen atoms in total. The molecule has 0 aromatic carbocycles. The molecule has 0 spiro atoms. The topological polar surface area (TPSA) is 41.9 Å². The number of halogens is 3. The number of nitrogens with zero attached hydrogens (tertiary/aromatic N) is 2. The maximum atomic E-state index is 12.8. The van der Waals surface area contributed by atoms with Gasteiger partial charge in [-0.15, -0.1) is 11.3 Å². The Bertz CT molecular complexity index is 643. The summed E-state index contributed by atoms with van der Waals surface area (Å²) in [4.78, 5) is 18.4. The van der Waals surface area contributed by atoms with Gasteiger partial charge in [-0.05, 0) is 37.5 Å². The fourth-order valence-corrected chi connectivity index (χ4v) is 3.46. The molecule has 0 saturated carbocycles. The van der Waals surface area contributed by atoms with E-state index in [0.717, 1.165) is 30.9 Å². The van der Waals surface area contributed by atoms with Crippen LogP contribution in [0.15, 0.2) is 22.9 Å². The molecule has 0 aliphatic carbocycles. The van der Waals surface area contributed by atoms with Crippen LogP contribution >= 0.6 is 11.3 Å². The first-order valence-corrected chi connectivity index (χ1v) is 7.70. The number of hydrogen-bond acceptors (Lipinski definition) is 5. The molecule has 0 amide bonds. The fourth-order valence-electron chi connectivity index (χ4n) is 2.46. The van der Waals surface area contributed by atoms with Gasteiger partial charge in [0.15, 0.2) is 5.71 Å². The summed E-state index contributed by atoms with van der Waals surface area (Å²) in [5.41, 5.74) is -1.81. The zero-order valence-electron chi connectivity index (χ0n) is 11.5. The number of carbonyl (C=O) groups excluding carboxylic acids is 1. The van der Waals surface area contributed by atoms with Gasteiger partial charge in [-0.3, -0.25) is 0 Å². The number of piperidine rings is 1. The van der Waals surface area contributed by atoms with Crippen LogP contribution in [-0.4, -0.2) is 30.9 Å². The van der Waals surface area contributed by atoms with Crippen molar-refractivity contribution in [1.29, 1.82) is 0 Å². The summed E-state index contributed by atoms with van der Waals surface area (Å²) in [6.07, 6.45) is -0.0716. The van der Waals surface area contributed by atoms with Crippen molar-refractivity contribution >= 4 is 34.1 Å². The van der Waals surface area contributed by atoms with Crippen molar-refractivity contribution in [3.8, 4) is 0 Å². The largest absolute Gasteiger partial charge is 0.437 e. The summed E-state index contributed by atoms with van der Waals surface area (Å²) >= 11 is 1.36. The van der Waals surface area contributed by atoms with E-state index in [0.29, 0.717) is 4.88 Å². The Hall–Kier alpha value is -1.83. The van der Waals surface area contributed by atoms with Crippen LogP contribution in [0, 0.1) is 0 Å². The third kappa shape index (κ3) is 3.01. The number of rotatable bonds is 2. The van der Waals surface area contributed by atoms with Crippen molar-refractivity contribution in [1.82, 2.24) is 0 Å². The Balaban J connectivity index is 1.84. The van der Waals surface area contributed by atoms with E-state index in [1.165, 1.54) is 23.8 Å². The van der Waals surface area contributed by atoms with E-state index in [4.69, 9.17) is 0 Å². The van der Waals surface area contributed by atoms with Crippen molar-refractivity contribution < 1.29 is 22.8 Å². The highest BCUT2D eigenvalue weighted by atomic mass is 32.1. The van der Waals surface area contributed by atoms with E-state index < -0.39 is 23.4 Å². The zero-order valence-corrected chi connectivity index (χ0v) is 12.3. The lowest BCUT2D eigenvalue weighted by Crippen LogP contribution is -2.28. The second kappa shape index (κ2) is 5.75. The van der Waals surface area contributed by atoms with Crippen LogP contribution in [0.1, 0.15) is 24.1 Å². The van der Waals surface area contributed by atoms with E-state index in [1.54, 1.807) is 6.07 Å². The van der Waals surface area contributed by atoms with Crippen molar-refractivity contribution in [2.45, 2.75) is 25.4 Å². The molecule has 8 heteroatoms. The lowest BCUT2D eigenvalue weighted by Gasteiger charge is -2.27. The van der Waals surface area contributed by atoms with Crippen molar-refractivity contribution in [3.63, 3.8) is 0 Å². The average molecular weight is 330 g/mol. The minimum atomic E-state index is -4.70. The first-order chi connectivity index (χ1) is 10.4. The van der Waals surface area contributed by atoms with Gasteiger partial charge in [0.05, 0.1) is 10.6 Å². The molecule has 1 aromatic heterocycles. The molecule has 2 aliphatic rings. The second-order valence-electron chi connectivity index (χ2n) is 5.10. The Morgan fingerprint density at radius 3 is 2.64 bits per heavy atom. The number of hydrogen-bond donors (Lipinski definition) is 0. The lowest BCUT2D eigenvalue weighted by molar-refractivity contribution is -0.136. The van der Waals surface area contributed by atoms with E-state index in [2.05, 4.69) is 14.9 Å². The SMILES string of the molecule is O=C1ON=C(C(F)(F)F)/C1=C/c1ccc(N2CCCCC2)s1. The first-order valence-electron chi connectivity index (χ1n) is 6.88. The number of carbonyl (C=O) groups is 1. The van der Waals surface area contributed by atoms with Crippen LogP contribution < -0.4 is 4.90 Å². The van der Waals surface area contributed by atoms with Crippen LogP contribution in [0.5, 0.6) is 0 Å². The summed E-state index contributed by atoms with van der Waals surface area (Å²) < 4.78 is 38.3. The molecule has 3 rings (SSSR count). The Kier molecular flexibility index (Phi) is 3.94. The standard InChI is InChI=1S/C14H13F3N2O2S/c15-14(16,17)12-10(13(20)21-18-12)8-9-4-5-11(22-9)19-6-2-1-3-7-19/h4-5,8H,1-3,6-7H2/b10-8-. The highest BCUT2D eigenvalue weighted by molar-refractivity contribution is 7.17. The summed E-state index contributed by atoms with van der Waals surface area (Å²) in [6.45, 7) is 1.90. The Labute approximate surface area is 128 Å². The van der Waals surface area contributed by atoms with Crippen LogP contribution in [0.2, 0.25) is 0 Å². The van der Waals surface area contributed by atoms with Crippen molar-refractivity contribution in [3.05, 3.63) is 22.6 Å². The highest BCUT2D eigenvalue weighted by Gasteiger charge is 2.45. The third-order valence-electron chi connectivity index (χ3n) is 3.53. The molecule has 22 heavy (non-hydrogen) atoms. The number of oxime groups is 1. The van der Waals surface area contributed by atoms with E-state index in [9.17, 15) is 18.0 Å². The van der Waals surface area contributed by atoms with Gasteiger partial charge in [-0.25, -0.2) is 4.79 Å². The number of thiophene rings is 1. The molecule has 3 heterocycles. The van der Waals surface area contributed by atoms with E-state index >= 15 is 0 Å². The van der Waals surface area contributed by atoms with Crippen LogP contribution in [0.25, 0.3) is 6.08 Å².